The molecule has 2 heterocycles. The van der Waals surface area contributed by atoms with Crippen LogP contribution in [0.3, 0.4) is 0 Å². The fourth-order valence-electron chi connectivity index (χ4n) is 1.20. The first-order chi connectivity index (χ1) is 6.36. The van der Waals surface area contributed by atoms with Gasteiger partial charge in [-0.05, 0) is 24.3 Å². The molecule has 66 valence electrons. The summed E-state index contributed by atoms with van der Waals surface area (Å²) in [5, 5.41) is 0. The maximum Gasteiger partial charge on any atom is 0.132 e. The van der Waals surface area contributed by atoms with Crippen molar-refractivity contribution in [1.29, 1.82) is 0 Å². The average molecular weight is 237 g/mol. The molecule has 0 unspecified atom stereocenters. The van der Waals surface area contributed by atoms with Gasteiger partial charge in [0, 0.05) is 16.9 Å². The summed E-state index contributed by atoms with van der Waals surface area (Å²) in [4.78, 5) is 6.35. The van der Waals surface area contributed by atoms with Crippen molar-refractivity contribution in [2.45, 2.75) is 0 Å². The Morgan fingerprint density at radius 2 is 2.31 bits per heavy atom. The van der Waals surface area contributed by atoms with Crippen LogP contribution in [0.25, 0.3) is 0 Å². The van der Waals surface area contributed by atoms with Crippen molar-refractivity contribution in [3.63, 3.8) is 0 Å². The van der Waals surface area contributed by atoms with Gasteiger partial charge in [0.25, 0.3) is 0 Å². The molecule has 1 aromatic heterocycles. The van der Waals surface area contributed by atoms with Gasteiger partial charge in [-0.25, -0.2) is 4.98 Å². The summed E-state index contributed by atoms with van der Waals surface area (Å²) in [6.07, 6.45) is 7.87. The normalized spacial score (nSPS) is 15.8. The van der Waals surface area contributed by atoms with E-state index in [-0.39, 0.29) is 0 Å². The molecule has 0 fully saturated rings. The molecule has 2 rings (SSSR count). The van der Waals surface area contributed by atoms with Gasteiger partial charge in [0.15, 0.2) is 0 Å². The molecule has 0 bridgehead atoms. The zero-order valence-electron chi connectivity index (χ0n) is 7.02. The zero-order chi connectivity index (χ0) is 9.10. The molecule has 0 saturated carbocycles. The quantitative estimate of drug-likeness (QED) is 0.746. The Hall–Kier alpha value is -1.09. The van der Waals surface area contributed by atoms with Crippen molar-refractivity contribution in [3.8, 4) is 0 Å². The van der Waals surface area contributed by atoms with Crippen LogP contribution in [0, 0.1) is 0 Å². The first kappa shape index (κ1) is 8.51. The third-order valence-corrected chi connectivity index (χ3v) is 2.32. The number of hydrogen-bond donors (Lipinski definition) is 0. The minimum absolute atomic E-state index is 0.855. The van der Waals surface area contributed by atoms with Crippen LogP contribution in [0.15, 0.2) is 47.2 Å². The number of rotatable bonds is 1. The third-order valence-electron chi connectivity index (χ3n) is 1.81. The number of allylic oxidation sites excluding steroid dienone is 2. The summed E-state index contributed by atoms with van der Waals surface area (Å²) in [6, 6.07) is 5.90. The Morgan fingerprint density at radius 1 is 1.38 bits per heavy atom. The standard InChI is InChI=1S/C10H9BrN2/c11-9-4-3-7-13(8-9)10-5-1-2-6-12-10/h1-7H,8H2. The van der Waals surface area contributed by atoms with Crippen LogP contribution < -0.4 is 4.90 Å². The van der Waals surface area contributed by atoms with Gasteiger partial charge in [0.2, 0.25) is 0 Å². The van der Waals surface area contributed by atoms with Crippen LogP contribution in [0.2, 0.25) is 0 Å². The number of halogens is 1. The van der Waals surface area contributed by atoms with E-state index in [2.05, 4.69) is 25.8 Å². The van der Waals surface area contributed by atoms with Gasteiger partial charge in [-0.2, -0.15) is 0 Å². The van der Waals surface area contributed by atoms with E-state index in [1.807, 2.05) is 36.6 Å². The number of nitrogens with zero attached hydrogens (tertiary/aromatic N) is 2. The lowest BCUT2D eigenvalue weighted by Gasteiger charge is -2.21. The zero-order valence-corrected chi connectivity index (χ0v) is 8.61. The molecule has 1 aliphatic heterocycles. The first-order valence-corrected chi connectivity index (χ1v) is 4.86. The van der Waals surface area contributed by atoms with Crippen LogP contribution in [0.5, 0.6) is 0 Å². The highest BCUT2D eigenvalue weighted by atomic mass is 79.9. The van der Waals surface area contributed by atoms with E-state index < -0.39 is 0 Å². The van der Waals surface area contributed by atoms with E-state index in [1.54, 1.807) is 6.20 Å². The van der Waals surface area contributed by atoms with Gasteiger partial charge in [-0.15, -0.1) is 0 Å². The molecular weight excluding hydrogens is 228 g/mol. The highest BCUT2D eigenvalue weighted by Gasteiger charge is 2.07. The highest BCUT2D eigenvalue weighted by molar-refractivity contribution is 9.11. The van der Waals surface area contributed by atoms with Crippen molar-refractivity contribution in [1.82, 2.24) is 4.98 Å². The molecule has 0 aliphatic carbocycles. The van der Waals surface area contributed by atoms with E-state index in [1.165, 1.54) is 4.48 Å². The summed E-state index contributed by atoms with van der Waals surface area (Å²) < 4.78 is 1.17. The molecule has 1 aliphatic rings. The fourth-order valence-corrected chi connectivity index (χ4v) is 1.62. The second kappa shape index (κ2) is 3.75. The minimum atomic E-state index is 0.855. The Kier molecular flexibility index (Phi) is 2.45. The predicted octanol–water partition coefficient (Wildman–Crippen LogP) is 2.69. The third kappa shape index (κ3) is 1.98. The van der Waals surface area contributed by atoms with E-state index in [4.69, 9.17) is 0 Å². The van der Waals surface area contributed by atoms with Crippen molar-refractivity contribution in [2.24, 2.45) is 0 Å². The molecule has 2 nitrogen and oxygen atoms in total. The van der Waals surface area contributed by atoms with Crippen LogP contribution in [0.4, 0.5) is 5.82 Å². The van der Waals surface area contributed by atoms with Crippen LogP contribution in [0.1, 0.15) is 0 Å². The van der Waals surface area contributed by atoms with E-state index in [9.17, 15) is 0 Å². The summed E-state index contributed by atoms with van der Waals surface area (Å²) >= 11 is 3.47. The van der Waals surface area contributed by atoms with Gasteiger partial charge >= 0.3 is 0 Å². The lowest BCUT2D eigenvalue weighted by Crippen LogP contribution is -2.20. The summed E-state index contributed by atoms with van der Waals surface area (Å²) in [5.41, 5.74) is 0. The van der Waals surface area contributed by atoms with Crippen LogP contribution >= 0.6 is 15.9 Å². The molecule has 1 aromatic rings. The SMILES string of the molecule is BrC1=CC=CN(c2ccccn2)C1. The number of anilines is 1. The molecule has 0 spiro atoms. The van der Waals surface area contributed by atoms with Gasteiger partial charge in [-0.3, -0.25) is 0 Å². The molecule has 0 aromatic carbocycles. The van der Waals surface area contributed by atoms with E-state index >= 15 is 0 Å². The molecule has 3 heteroatoms. The van der Waals surface area contributed by atoms with Crippen LogP contribution in [-0.4, -0.2) is 11.5 Å². The number of hydrogen-bond acceptors (Lipinski definition) is 2. The number of aromatic nitrogens is 1. The monoisotopic (exact) mass is 236 g/mol. The minimum Gasteiger partial charge on any atom is -0.328 e. The van der Waals surface area contributed by atoms with Crippen molar-refractivity contribution in [3.05, 3.63) is 47.2 Å². The first-order valence-electron chi connectivity index (χ1n) is 4.07. The Morgan fingerprint density at radius 3 is 3.00 bits per heavy atom. The summed E-state index contributed by atoms with van der Waals surface area (Å²) in [6.45, 7) is 0.855. The molecule has 0 amide bonds. The van der Waals surface area contributed by atoms with E-state index in [0.717, 1.165) is 12.4 Å². The fraction of sp³-hybridized carbons (Fsp3) is 0.100. The number of pyridine rings is 1. The summed E-state index contributed by atoms with van der Waals surface area (Å²) in [5.74, 6) is 0.976. The van der Waals surface area contributed by atoms with Gasteiger partial charge in [-0.1, -0.05) is 22.0 Å². The maximum atomic E-state index is 4.26. The van der Waals surface area contributed by atoms with Gasteiger partial charge < -0.3 is 4.90 Å². The van der Waals surface area contributed by atoms with E-state index in [0.29, 0.717) is 0 Å². The van der Waals surface area contributed by atoms with Crippen molar-refractivity contribution in [2.75, 3.05) is 11.4 Å². The lowest BCUT2D eigenvalue weighted by atomic mass is 10.3. The molecule has 13 heavy (non-hydrogen) atoms. The molecular formula is C10H9BrN2. The predicted molar refractivity (Wildman–Crippen MR) is 57.7 cm³/mol. The topological polar surface area (TPSA) is 16.1 Å². The Balaban J connectivity index is 2.21. The van der Waals surface area contributed by atoms with Crippen LogP contribution in [-0.2, 0) is 0 Å². The smallest absolute Gasteiger partial charge is 0.132 e. The van der Waals surface area contributed by atoms with Crippen molar-refractivity contribution >= 4 is 21.7 Å². The Bertz CT molecular complexity index is 343. The largest absolute Gasteiger partial charge is 0.328 e. The molecule has 0 saturated heterocycles. The maximum absolute atomic E-state index is 4.26. The van der Waals surface area contributed by atoms with Crippen molar-refractivity contribution < 1.29 is 0 Å². The Labute approximate surface area is 85.7 Å². The average Bonchev–Trinajstić information content (AvgIpc) is 2.19. The molecule has 0 N–H and O–H groups in total. The lowest BCUT2D eigenvalue weighted by molar-refractivity contribution is 1.02. The van der Waals surface area contributed by atoms with Gasteiger partial charge in [0.1, 0.15) is 5.82 Å². The second-order valence-electron chi connectivity index (χ2n) is 2.77. The second-order valence-corrected chi connectivity index (χ2v) is 3.79. The molecule has 0 atom stereocenters. The molecule has 0 radical (unpaired) electrons. The summed E-state index contributed by atoms with van der Waals surface area (Å²) in [7, 11) is 0. The highest BCUT2D eigenvalue weighted by Crippen LogP contribution is 2.18. The van der Waals surface area contributed by atoms with Gasteiger partial charge in [0.05, 0.1) is 6.54 Å².